The second-order valence-electron chi connectivity index (χ2n) is 4.96. The molecule has 0 unspecified atom stereocenters. The standard InChI is InChI=1S/C14H26N4O/c1-6-15-13-11(4)14(17-12(5)16-13)18(10(2)3)8-7-9-19/h10,19H,6-9H2,1-5H3,(H,15,16,17). The molecule has 1 rings (SSSR count). The Labute approximate surface area is 116 Å². The maximum absolute atomic E-state index is 9.03. The zero-order chi connectivity index (χ0) is 14.4. The van der Waals surface area contributed by atoms with Crippen LogP contribution < -0.4 is 10.2 Å². The van der Waals surface area contributed by atoms with Crippen LogP contribution in [-0.4, -0.2) is 40.8 Å². The van der Waals surface area contributed by atoms with Gasteiger partial charge in [0, 0.05) is 31.3 Å². The summed E-state index contributed by atoms with van der Waals surface area (Å²) in [5.41, 5.74) is 1.07. The second kappa shape index (κ2) is 7.28. The zero-order valence-electron chi connectivity index (χ0n) is 12.7. The van der Waals surface area contributed by atoms with Crippen LogP contribution in [0.2, 0.25) is 0 Å². The highest BCUT2D eigenvalue weighted by molar-refractivity contribution is 5.59. The van der Waals surface area contributed by atoms with Crippen molar-refractivity contribution in [2.24, 2.45) is 0 Å². The third-order valence-electron chi connectivity index (χ3n) is 3.03. The molecular formula is C14H26N4O. The molecule has 19 heavy (non-hydrogen) atoms. The number of aromatic nitrogens is 2. The molecule has 0 saturated carbocycles. The number of nitrogens with zero attached hydrogens (tertiary/aromatic N) is 3. The third kappa shape index (κ3) is 4.06. The maximum Gasteiger partial charge on any atom is 0.137 e. The molecule has 0 atom stereocenters. The lowest BCUT2D eigenvalue weighted by Crippen LogP contribution is -2.34. The van der Waals surface area contributed by atoms with Crippen LogP contribution in [0.4, 0.5) is 11.6 Å². The zero-order valence-corrected chi connectivity index (χ0v) is 12.7. The average Bonchev–Trinajstić information content (AvgIpc) is 2.35. The summed E-state index contributed by atoms with van der Waals surface area (Å²) in [5.74, 6) is 2.64. The molecule has 0 aliphatic heterocycles. The Morgan fingerprint density at radius 3 is 2.47 bits per heavy atom. The van der Waals surface area contributed by atoms with Gasteiger partial charge in [-0.05, 0) is 41.0 Å². The molecule has 0 aliphatic carbocycles. The van der Waals surface area contributed by atoms with Crippen molar-refractivity contribution in [3.63, 3.8) is 0 Å². The van der Waals surface area contributed by atoms with Gasteiger partial charge in [0.1, 0.15) is 17.5 Å². The molecule has 0 radical (unpaired) electrons. The van der Waals surface area contributed by atoms with Gasteiger partial charge in [-0.15, -0.1) is 0 Å². The molecule has 0 spiro atoms. The van der Waals surface area contributed by atoms with Crippen molar-refractivity contribution in [2.75, 3.05) is 29.9 Å². The number of rotatable bonds is 7. The fourth-order valence-electron chi connectivity index (χ4n) is 2.08. The molecule has 0 saturated heterocycles. The van der Waals surface area contributed by atoms with Crippen molar-refractivity contribution < 1.29 is 5.11 Å². The number of hydrogen-bond acceptors (Lipinski definition) is 5. The van der Waals surface area contributed by atoms with Gasteiger partial charge in [-0.3, -0.25) is 0 Å². The Morgan fingerprint density at radius 2 is 1.95 bits per heavy atom. The fraction of sp³-hybridized carbons (Fsp3) is 0.714. The summed E-state index contributed by atoms with van der Waals surface area (Å²) in [6, 6.07) is 0.342. The summed E-state index contributed by atoms with van der Waals surface area (Å²) in [6.07, 6.45) is 0.747. The van der Waals surface area contributed by atoms with Gasteiger partial charge in [0.05, 0.1) is 0 Å². The first kappa shape index (κ1) is 15.7. The molecule has 1 aromatic heterocycles. The van der Waals surface area contributed by atoms with Crippen LogP contribution in [-0.2, 0) is 0 Å². The van der Waals surface area contributed by atoms with Gasteiger partial charge in [0.25, 0.3) is 0 Å². The Hall–Kier alpha value is -1.36. The summed E-state index contributed by atoms with van der Waals surface area (Å²) in [4.78, 5) is 11.3. The lowest BCUT2D eigenvalue weighted by Gasteiger charge is -2.29. The average molecular weight is 266 g/mol. The van der Waals surface area contributed by atoms with E-state index < -0.39 is 0 Å². The smallest absolute Gasteiger partial charge is 0.137 e. The van der Waals surface area contributed by atoms with Gasteiger partial charge in [-0.2, -0.15) is 0 Å². The summed E-state index contributed by atoms with van der Waals surface area (Å²) < 4.78 is 0. The molecule has 1 heterocycles. The predicted molar refractivity (Wildman–Crippen MR) is 79.9 cm³/mol. The summed E-state index contributed by atoms with van der Waals surface area (Å²) in [6.45, 7) is 12.1. The highest BCUT2D eigenvalue weighted by atomic mass is 16.3. The van der Waals surface area contributed by atoms with Gasteiger partial charge < -0.3 is 15.3 Å². The number of nitrogens with one attached hydrogen (secondary N) is 1. The van der Waals surface area contributed by atoms with Crippen molar-refractivity contribution >= 4 is 11.6 Å². The maximum atomic E-state index is 9.03. The molecule has 2 N–H and O–H groups in total. The van der Waals surface area contributed by atoms with E-state index in [0.29, 0.717) is 6.04 Å². The molecule has 5 heteroatoms. The van der Waals surface area contributed by atoms with Crippen LogP contribution in [0, 0.1) is 13.8 Å². The number of aliphatic hydroxyl groups is 1. The highest BCUT2D eigenvalue weighted by Gasteiger charge is 2.17. The van der Waals surface area contributed by atoms with E-state index >= 15 is 0 Å². The number of aliphatic hydroxyl groups excluding tert-OH is 1. The summed E-state index contributed by atoms with van der Waals surface area (Å²) in [7, 11) is 0. The van der Waals surface area contributed by atoms with Crippen molar-refractivity contribution in [3.05, 3.63) is 11.4 Å². The number of aryl methyl sites for hydroxylation is 1. The normalized spacial score (nSPS) is 10.9. The topological polar surface area (TPSA) is 61.3 Å². The van der Waals surface area contributed by atoms with Crippen molar-refractivity contribution in [1.82, 2.24) is 9.97 Å². The minimum atomic E-state index is 0.201. The van der Waals surface area contributed by atoms with Gasteiger partial charge >= 0.3 is 0 Å². The lowest BCUT2D eigenvalue weighted by molar-refractivity contribution is 0.288. The third-order valence-corrected chi connectivity index (χ3v) is 3.03. The molecule has 0 aliphatic rings. The van der Waals surface area contributed by atoms with E-state index in [9.17, 15) is 0 Å². The fourth-order valence-corrected chi connectivity index (χ4v) is 2.08. The summed E-state index contributed by atoms with van der Waals surface area (Å²) >= 11 is 0. The Kier molecular flexibility index (Phi) is 6.02. The Balaban J connectivity index is 3.14. The van der Waals surface area contributed by atoms with E-state index in [1.54, 1.807) is 0 Å². The van der Waals surface area contributed by atoms with Crippen molar-refractivity contribution in [3.8, 4) is 0 Å². The molecular weight excluding hydrogens is 240 g/mol. The SMILES string of the molecule is CCNc1nc(C)nc(N(CCCO)C(C)C)c1C. The lowest BCUT2D eigenvalue weighted by atomic mass is 10.2. The number of anilines is 2. The molecule has 0 bridgehead atoms. The van der Waals surface area contributed by atoms with E-state index in [1.165, 1.54) is 0 Å². The van der Waals surface area contributed by atoms with E-state index in [4.69, 9.17) is 5.11 Å². The molecule has 5 nitrogen and oxygen atoms in total. The minimum absolute atomic E-state index is 0.201. The van der Waals surface area contributed by atoms with Crippen LogP contribution in [0.15, 0.2) is 0 Å². The predicted octanol–water partition coefficient (Wildman–Crippen LogP) is 2.12. The first-order valence-corrected chi connectivity index (χ1v) is 6.97. The minimum Gasteiger partial charge on any atom is -0.396 e. The number of hydrogen-bond donors (Lipinski definition) is 2. The van der Waals surface area contributed by atoms with E-state index in [1.807, 2.05) is 13.8 Å². The summed E-state index contributed by atoms with van der Waals surface area (Å²) in [5, 5.41) is 12.3. The van der Waals surface area contributed by atoms with E-state index in [0.717, 1.165) is 42.5 Å². The largest absolute Gasteiger partial charge is 0.396 e. The second-order valence-corrected chi connectivity index (χ2v) is 4.96. The van der Waals surface area contributed by atoms with Crippen LogP contribution >= 0.6 is 0 Å². The molecule has 108 valence electrons. The van der Waals surface area contributed by atoms with E-state index in [-0.39, 0.29) is 6.61 Å². The van der Waals surface area contributed by atoms with Crippen LogP contribution in [0.25, 0.3) is 0 Å². The molecule has 0 fully saturated rings. The van der Waals surface area contributed by atoms with Crippen LogP contribution in [0.3, 0.4) is 0 Å². The Morgan fingerprint density at radius 1 is 1.26 bits per heavy atom. The quantitative estimate of drug-likeness (QED) is 0.791. The first-order valence-electron chi connectivity index (χ1n) is 6.97. The van der Waals surface area contributed by atoms with Crippen LogP contribution in [0.1, 0.15) is 38.6 Å². The van der Waals surface area contributed by atoms with Crippen molar-refractivity contribution in [2.45, 2.75) is 47.1 Å². The van der Waals surface area contributed by atoms with Crippen molar-refractivity contribution in [1.29, 1.82) is 0 Å². The van der Waals surface area contributed by atoms with Gasteiger partial charge in [-0.1, -0.05) is 0 Å². The molecule has 0 amide bonds. The highest BCUT2D eigenvalue weighted by Crippen LogP contribution is 2.25. The Bertz CT molecular complexity index is 407. The monoisotopic (exact) mass is 266 g/mol. The molecule has 1 aromatic rings. The van der Waals surface area contributed by atoms with Crippen LogP contribution in [0.5, 0.6) is 0 Å². The van der Waals surface area contributed by atoms with Gasteiger partial charge in [0.2, 0.25) is 0 Å². The van der Waals surface area contributed by atoms with Gasteiger partial charge in [-0.25, -0.2) is 9.97 Å². The van der Waals surface area contributed by atoms with Gasteiger partial charge in [0.15, 0.2) is 0 Å². The first-order chi connectivity index (χ1) is 9.01. The van der Waals surface area contributed by atoms with E-state index in [2.05, 4.69) is 41.0 Å². The molecule has 0 aromatic carbocycles.